The fraction of sp³-hybridized carbons (Fsp3) is 0.133. The fourth-order valence-electron chi connectivity index (χ4n) is 10.9. The first-order valence-corrected chi connectivity index (χ1v) is 22.3. The number of hydrogen-bond donors (Lipinski definition) is 0. The molecular weight excluding hydrogens is 763 g/mol. The maximum absolute atomic E-state index is 2.53. The SMILES string of the molecule is CC(C)(C)c1ccc2c(c1)c1ccccc1n2-c1ccc2c3ccc(-n4c5ccccc5c5cc(C(C)(C)C)ccc54)cc3n(-c3cc4ccc5cccc6ccc(c3)c4c56)c2c1. The molecule has 0 unspecified atom stereocenters. The number of rotatable bonds is 3. The van der Waals surface area contributed by atoms with Crippen molar-refractivity contribution in [1.82, 2.24) is 13.7 Å². The Bertz CT molecular complexity index is 3790. The third-order valence-electron chi connectivity index (χ3n) is 14.0. The predicted molar refractivity (Wildman–Crippen MR) is 271 cm³/mol. The summed E-state index contributed by atoms with van der Waals surface area (Å²) < 4.78 is 7.46. The van der Waals surface area contributed by atoms with Crippen molar-refractivity contribution in [3.8, 4) is 17.1 Å². The van der Waals surface area contributed by atoms with E-state index in [1.165, 1.54) is 109 Å². The van der Waals surface area contributed by atoms with E-state index in [-0.39, 0.29) is 10.8 Å². The molecule has 63 heavy (non-hydrogen) atoms. The first-order chi connectivity index (χ1) is 30.5. The van der Waals surface area contributed by atoms with E-state index < -0.39 is 0 Å². The first kappa shape index (κ1) is 36.3. The van der Waals surface area contributed by atoms with E-state index in [0.29, 0.717) is 0 Å². The summed E-state index contributed by atoms with van der Waals surface area (Å²) in [6, 6.07) is 66.8. The first-order valence-electron chi connectivity index (χ1n) is 22.3. The average Bonchev–Trinajstić information content (AvgIpc) is 3.92. The zero-order valence-corrected chi connectivity index (χ0v) is 36.6. The Labute approximate surface area is 366 Å². The van der Waals surface area contributed by atoms with E-state index >= 15 is 0 Å². The summed E-state index contributed by atoms with van der Waals surface area (Å²) >= 11 is 0. The summed E-state index contributed by atoms with van der Waals surface area (Å²) in [5.74, 6) is 0. The van der Waals surface area contributed by atoms with Gasteiger partial charge in [-0.25, -0.2) is 0 Å². The van der Waals surface area contributed by atoms with Gasteiger partial charge >= 0.3 is 0 Å². The molecule has 0 bridgehead atoms. The van der Waals surface area contributed by atoms with Crippen LogP contribution in [0.4, 0.5) is 0 Å². The molecule has 13 aromatic rings. The lowest BCUT2D eigenvalue weighted by Gasteiger charge is -2.19. The van der Waals surface area contributed by atoms with Crippen LogP contribution in [0.1, 0.15) is 52.7 Å². The van der Waals surface area contributed by atoms with Crippen LogP contribution in [0.2, 0.25) is 0 Å². The maximum Gasteiger partial charge on any atom is 0.0561 e. The Morgan fingerprint density at radius 3 is 1.14 bits per heavy atom. The molecule has 0 radical (unpaired) electrons. The zero-order chi connectivity index (χ0) is 42.5. The van der Waals surface area contributed by atoms with Crippen molar-refractivity contribution in [1.29, 1.82) is 0 Å². The van der Waals surface area contributed by atoms with Gasteiger partial charge in [-0.3, -0.25) is 0 Å². The Morgan fingerprint density at radius 1 is 0.270 bits per heavy atom. The van der Waals surface area contributed by atoms with Crippen molar-refractivity contribution in [2.24, 2.45) is 0 Å². The number of hydrogen-bond acceptors (Lipinski definition) is 0. The Kier molecular flexibility index (Phi) is 7.27. The molecule has 10 aromatic carbocycles. The van der Waals surface area contributed by atoms with Crippen LogP contribution in [0.25, 0.3) is 115 Å². The van der Waals surface area contributed by atoms with Gasteiger partial charge in [0.25, 0.3) is 0 Å². The van der Waals surface area contributed by atoms with E-state index in [1.54, 1.807) is 0 Å². The summed E-state index contributed by atoms with van der Waals surface area (Å²) in [6.07, 6.45) is 0. The third-order valence-corrected chi connectivity index (χ3v) is 14.0. The lowest BCUT2D eigenvalue weighted by Crippen LogP contribution is -2.10. The molecular formula is C60H47N3. The molecule has 0 saturated carbocycles. The highest BCUT2D eigenvalue weighted by Crippen LogP contribution is 2.43. The van der Waals surface area contributed by atoms with Gasteiger partial charge in [-0.2, -0.15) is 0 Å². The van der Waals surface area contributed by atoms with Gasteiger partial charge in [0, 0.05) is 49.4 Å². The van der Waals surface area contributed by atoms with Gasteiger partial charge in [0.05, 0.1) is 33.1 Å². The smallest absolute Gasteiger partial charge is 0.0561 e. The third kappa shape index (κ3) is 5.20. The van der Waals surface area contributed by atoms with Gasteiger partial charge in [-0.1, -0.05) is 145 Å². The number of para-hydroxylation sites is 2. The highest BCUT2D eigenvalue weighted by atomic mass is 15.0. The quantitative estimate of drug-likeness (QED) is 0.158. The van der Waals surface area contributed by atoms with Crippen molar-refractivity contribution in [2.75, 3.05) is 0 Å². The summed E-state index contributed by atoms with van der Waals surface area (Å²) in [6.45, 7) is 13.8. The van der Waals surface area contributed by atoms with Gasteiger partial charge in [-0.05, 0) is 127 Å². The molecule has 0 spiro atoms. The average molecular weight is 810 g/mol. The van der Waals surface area contributed by atoms with Crippen LogP contribution in [-0.4, -0.2) is 13.7 Å². The number of nitrogens with zero attached hydrogens (tertiary/aromatic N) is 3. The highest BCUT2D eigenvalue weighted by molar-refractivity contribution is 6.24. The Hall–Kier alpha value is -7.36. The lowest BCUT2D eigenvalue weighted by molar-refractivity contribution is 0.591. The van der Waals surface area contributed by atoms with Gasteiger partial charge in [0.15, 0.2) is 0 Å². The standard InChI is InChI=1S/C60H47N3/c1-59(2,3)40-22-28-53-49(32-40)45-14-7-9-16-51(45)61(53)42-24-26-47-48-27-25-43(62-52-17-10-8-15-46(52)50-33-41(60(4,5)6)23-29-54(50)62)35-56(48)63(55(47)34-42)44-30-38-20-18-36-12-11-13-37-19-21-39(31-44)58(38)57(36)37/h7-35H,1-6H3. The second-order valence-electron chi connectivity index (χ2n) is 19.9. The summed E-state index contributed by atoms with van der Waals surface area (Å²) in [7, 11) is 0. The molecule has 13 rings (SSSR count). The molecule has 0 aliphatic carbocycles. The largest absolute Gasteiger partial charge is 0.309 e. The minimum Gasteiger partial charge on any atom is -0.309 e. The normalized spacial score (nSPS) is 12.9. The van der Waals surface area contributed by atoms with E-state index in [9.17, 15) is 0 Å². The number of fused-ring (bicyclic) bond motifs is 9. The van der Waals surface area contributed by atoms with Gasteiger partial charge in [-0.15, -0.1) is 0 Å². The van der Waals surface area contributed by atoms with E-state index in [4.69, 9.17) is 0 Å². The van der Waals surface area contributed by atoms with Crippen LogP contribution in [-0.2, 0) is 10.8 Å². The molecule has 3 aromatic heterocycles. The predicted octanol–water partition coefficient (Wildman–Crippen LogP) is 16.5. The van der Waals surface area contributed by atoms with Gasteiger partial charge < -0.3 is 13.7 Å². The van der Waals surface area contributed by atoms with Crippen molar-refractivity contribution in [3.05, 3.63) is 187 Å². The Balaban J connectivity index is 1.12. The monoisotopic (exact) mass is 809 g/mol. The number of aromatic nitrogens is 3. The van der Waals surface area contributed by atoms with E-state index in [2.05, 4.69) is 231 Å². The lowest BCUT2D eigenvalue weighted by atomic mass is 9.86. The van der Waals surface area contributed by atoms with E-state index in [1.807, 2.05) is 0 Å². The summed E-state index contributed by atoms with van der Waals surface area (Å²) in [5, 5.41) is 15.3. The van der Waals surface area contributed by atoms with Crippen LogP contribution in [0.15, 0.2) is 176 Å². The maximum atomic E-state index is 2.53. The van der Waals surface area contributed by atoms with E-state index in [0.717, 1.165) is 17.1 Å². The van der Waals surface area contributed by atoms with Crippen molar-refractivity contribution >= 4 is 97.7 Å². The van der Waals surface area contributed by atoms with Crippen LogP contribution >= 0.6 is 0 Å². The molecule has 0 fully saturated rings. The molecule has 0 saturated heterocycles. The highest BCUT2D eigenvalue weighted by Gasteiger charge is 2.23. The molecule has 0 atom stereocenters. The fourth-order valence-corrected chi connectivity index (χ4v) is 10.9. The van der Waals surface area contributed by atoms with Crippen LogP contribution < -0.4 is 0 Å². The second kappa shape index (κ2) is 12.6. The minimum atomic E-state index is 0.0485. The molecule has 0 aliphatic heterocycles. The zero-order valence-electron chi connectivity index (χ0n) is 36.6. The molecule has 0 N–H and O–H groups in total. The van der Waals surface area contributed by atoms with Gasteiger partial charge in [0.1, 0.15) is 0 Å². The minimum absolute atomic E-state index is 0.0485. The molecule has 3 heterocycles. The van der Waals surface area contributed by atoms with Crippen LogP contribution in [0.5, 0.6) is 0 Å². The summed E-state index contributed by atoms with van der Waals surface area (Å²) in [4.78, 5) is 0. The molecule has 3 heteroatoms. The molecule has 3 nitrogen and oxygen atoms in total. The van der Waals surface area contributed by atoms with Crippen molar-refractivity contribution < 1.29 is 0 Å². The molecule has 302 valence electrons. The van der Waals surface area contributed by atoms with Gasteiger partial charge in [0.2, 0.25) is 0 Å². The number of benzene rings is 10. The Morgan fingerprint density at radius 2 is 0.667 bits per heavy atom. The molecule has 0 aliphatic rings. The van der Waals surface area contributed by atoms with Crippen molar-refractivity contribution in [2.45, 2.75) is 52.4 Å². The molecule has 0 amide bonds. The second-order valence-corrected chi connectivity index (χ2v) is 19.9. The van der Waals surface area contributed by atoms with Crippen LogP contribution in [0, 0.1) is 0 Å². The summed E-state index contributed by atoms with van der Waals surface area (Å²) in [5.41, 5.74) is 13.5. The topological polar surface area (TPSA) is 14.8 Å². The van der Waals surface area contributed by atoms with Crippen molar-refractivity contribution in [3.63, 3.8) is 0 Å². The van der Waals surface area contributed by atoms with Crippen LogP contribution in [0.3, 0.4) is 0 Å².